The summed E-state index contributed by atoms with van der Waals surface area (Å²) in [4.78, 5) is 0. The van der Waals surface area contributed by atoms with E-state index in [9.17, 15) is 0 Å². The first-order chi connectivity index (χ1) is 8.08. The summed E-state index contributed by atoms with van der Waals surface area (Å²) in [5, 5.41) is 3.93. The third kappa shape index (κ3) is 4.92. The predicted molar refractivity (Wildman–Crippen MR) is 78.4 cm³/mol. The van der Waals surface area contributed by atoms with Crippen LogP contribution >= 0.6 is 24.0 Å². The van der Waals surface area contributed by atoms with Crippen molar-refractivity contribution in [1.82, 2.24) is 5.32 Å². The monoisotopic (exact) mass is 293 g/mol. The second kappa shape index (κ2) is 8.46. The summed E-state index contributed by atoms with van der Waals surface area (Å²) in [7, 11) is 1.62. The molecule has 0 aliphatic rings. The molecule has 0 heterocycles. The topological polar surface area (TPSA) is 30.5 Å². The van der Waals surface area contributed by atoms with Crippen LogP contribution < -0.4 is 14.8 Å². The lowest BCUT2D eigenvalue weighted by Crippen LogP contribution is -2.21. The van der Waals surface area contributed by atoms with Crippen LogP contribution in [0, 0.1) is 0 Å². The SMILES string of the molecule is CCOc1c(Cl)cc(CNC(C)C)cc1OC.Cl. The normalized spacial score (nSPS) is 10.1. The number of benzene rings is 1. The molecule has 1 rings (SSSR count). The van der Waals surface area contributed by atoms with E-state index in [-0.39, 0.29) is 12.4 Å². The van der Waals surface area contributed by atoms with Gasteiger partial charge in [-0.05, 0) is 24.6 Å². The van der Waals surface area contributed by atoms with Gasteiger partial charge in [-0.3, -0.25) is 0 Å². The molecule has 0 aliphatic carbocycles. The number of ether oxygens (including phenoxy) is 2. The van der Waals surface area contributed by atoms with E-state index in [1.807, 2.05) is 19.1 Å². The lowest BCUT2D eigenvalue weighted by Gasteiger charge is -2.14. The minimum Gasteiger partial charge on any atom is -0.493 e. The molecule has 18 heavy (non-hydrogen) atoms. The molecule has 0 saturated carbocycles. The molecule has 0 fully saturated rings. The Bertz CT molecular complexity index is 370. The molecule has 0 unspecified atom stereocenters. The first-order valence-corrected chi connectivity index (χ1v) is 6.18. The van der Waals surface area contributed by atoms with Crippen LogP contribution in [0.25, 0.3) is 0 Å². The van der Waals surface area contributed by atoms with Crippen molar-refractivity contribution in [3.8, 4) is 11.5 Å². The van der Waals surface area contributed by atoms with Crippen molar-refractivity contribution in [3.05, 3.63) is 22.7 Å². The van der Waals surface area contributed by atoms with E-state index < -0.39 is 0 Å². The van der Waals surface area contributed by atoms with Crippen LogP contribution in [-0.4, -0.2) is 19.8 Å². The van der Waals surface area contributed by atoms with E-state index in [2.05, 4.69) is 19.2 Å². The van der Waals surface area contributed by atoms with Gasteiger partial charge in [-0.2, -0.15) is 0 Å². The lowest BCUT2D eigenvalue weighted by molar-refractivity contribution is 0.311. The molecule has 0 spiro atoms. The van der Waals surface area contributed by atoms with Gasteiger partial charge in [0, 0.05) is 12.6 Å². The fourth-order valence-electron chi connectivity index (χ4n) is 1.48. The Balaban J connectivity index is 0.00000289. The third-order valence-corrected chi connectivity index (χ3v) is 2.57. The maximum absolute atomic E-state index is 6.17. The van der Waals surface area contributed by atoms with E-state index in [0.717, 1.165) is 12.1 Å². The zero-order valence-corrected chi connectivity index (χ0v) is 12.8. The van der Waals surface area contributed by atoms with Crippen molar-refractivity contribution in [1.29, 1.82) is 0 Å². The van der Waals surface area contributed by atoms with Gasteiger partial charge in [0.15, 0.2) is 11.5 Å². The Labute approximate surface area is 120 Å². The molecule has 3 nitrogen and oxygen atoms in total. The molecule has 0 saturated heterocycles. The van der Waals surface area contributed by atoms with Gasteiger partial charge in [-0.15, -0.1) is 12.4 Å². The van der Waals surface area contributed by atoms with Crippen molar-refractivity contribution >= 4 is 24.0 Å². The molecular weight excluding hydrogens is 273 g/mol. The molecule has 0 radical (unpaired) electrons. The quantitative estimate of drug-likeness (QED) is 0.868. The average molecular weight is 294 g/mol. The molecule has 0 amide bonds. The van der Waals surface area contributed by atoms with Gasteiger partial charge >= 0.3 is 0 Å². The maximum atomic E-state index is 6.17. The Kier molecular flexibility index (Phi) is 8.16. The van der Waals surface area contributed by atoms with Crippen molar-refractivity contribution in [2.45, 2.75) is 33.4 Å². The van der Waals surface area contributed by atoms with Crippen molar-refractivity contribution in [2.75, 3.05) is 13.7 Å². The van der Waals surface area contributed by atoms with Crippen LogP contribution in [0.2, 0.25) is 5.02 Å². The zero-order chi connectivity index (χ0) is 12.8. The van der Waals surface area contributed by atoms with E-state index >= 15 is 0 Å². The van der Waals surface area contributed by atoms with Crippen LogP contribution in [0.3, 0.4) is 0 Å². The Hall–Kier alpha value is -0.640. The number of halogens is 2. The van der Waals surface area contributed by atoms with Gasteiger partial charge in [0.2, 0.25) is 0 Å². The number of hydrogen-bond acceptors (Lipinski definition) is 3. The van der Waals surface area contributed by atoms with Crippen LogP contribution in [0.15, 0.2) is 12.1 Å². The third-order valence-electron chi connectivity index (χ3n) is 2.29. The average Bonchev–Trinajstić information content (AvgIpc) is 2.29. The lowest BCUT2D eigenvalue weighted by atomic mass is 10.2. The van der Waals surface area contributed by atoms with Gasteiger partial charge < -0.3 is 14.8 Å². The summed E-state index contributed by atoms with van der Waals surface area (Å²) in [6.45, 7) is 7.46. The highest BCUT2D eigenvalue weighted by Gasteiger charge is 2.11. The number of nitrogens with one attached hydrogen (secondary N) is 1. The Morgan fingerprint density at radius 2 is 2.00 bits per heavy atom. The minimum absolute atomic E-state index is 0. The molecule has 5 heteroatoms. The summed E-state index contributed by atoms with van der Waals surface area (Å²) < 4.78 is 10.8. The summed E-state index contributed by atoms with van der Waals surface area (Å²) in [5.41, 5.74) is 1.09. The molecule has 0 atom stereocenters. The second-order valence-corrected chi connectivity index (χ2v) is 4.48. The molecule has 1 N–H and O–H groups in total. The number of hydrogen-bond donors (Lipinski definition) is 1. The largest absolute Gasteiger partial charge is 0.493 e. The van der Waals surface area contributed by atoms with Gasteiger partial charge in [-0.25, -0.2) is 0 Å². The van der Waals surface area contributed by atoms with E-state index in [4.69, 9.17) is 21.1 Å². The molecule has 1 aromatic rings. The Morgan fingerprint density at radius 3 is 2.50 bits per heavy atom. The number of methoxy groups -OCH3 is 1. The highest BCUT2D eigenvalue weighted by Crippen LogP contribution is 2.36. The smallest absolute Gasteiger partial charge is 0.179 e. The first-order valence-electron chi connectivity index (χ1n) is 5.81. The second-order valence-electron chi connectivity index (χ2n) is 4.08. The fraction of sp³-hybridized carbons (Fsp3) is 0.538. The Morgan fingerprint density at radius 1 is 1.33 bits per heavy atom. The molecular formula is C13H21Cl2NO2. The molecule has 0 aliphatic heterocycles. The fourth-order valence-corrected chi connectivity index (χ4v) is 1.77. The minimum atomic E-state index is 0. The van der Waals surface area contributed by atoms with Crippen LogP contribution in [0.4, 0.5) is 0 Å². The van der Waals surface area contributed by atoms with Crippen molar-refractivity contribution in [3.63, 3.8) is 0 Å². The summed E-state index contributed by atoms with van der Waals surface area (Å²) >= 11 is 6.17. The van der Waals surface area contributed by atoms with E-state index in [1.165, 1.54) is 0 Å². The first kappa shape index (κ1) is 17.4. The van der Waals surface area contributed by atoms with Crippen LogP contribution in [0.1, 0.15) is 26.3 Å². The van der Waals surface area contributed by atoms with E-state index in [1.54, 1.807) is 7.11 Å². The van der Waals surface area contributed by atoms with Crippen molar-refractivity contribution < 1.29 is 9.47 Å². The molecule has 0 aromatic heterocycles. The maximum Gasteiger partial charge on any atom is 0.179 e. The standard InChI is InChI=1S/C13H20ClNO2.ClH/c1-5-17-13-11(14)6-10(7-12(13)16-4)8-15-9(2)3;/h6-7,9,15H,5,8H2,1-4H3;1H. The summed E-state index contributed by atoms with van der Waals surface area (Å²) in [6.07, 6.45) is 0. The van der Waals surface area contributed by atoms with Crippen LogP contribution in [0.5, 0.6) is 11.5 Å². The highest BCUT2D eigenvalue weighted by molar-refractivity contribution is 6.32. The number of rotatable bonds is 6. The van der Waals surface area contributed by atoms with Gasteiger partial charge in [0.05, 0.1) is 18.7 Å². The zero-order valence-electron chi connectivity index (χ0n) is 11.2. The molecule has 1 aromatic carbocycles. The van der Waals surface area contributed by atoms with Crippen LogP contribution in [-0.2, 0) is 6.54 Å². The molecule has 0 bridgehead atoms. The van der Waals surface area contributed by atoms with Crippen molar-refractivity contribution in [2.24, 2.45) is 0 Å². The van der Waals surface area contributed by atoms with Gasteiger partial charge in [-0.1, -0.05) is 25.4 Å². The summed E-state index contributed by atoms with van der Waals surface area (Å²) in [5.74, 6) is 1.30. The van der Waals surface area contributed by atoms with Gasteiger partial charge in [0.25, 0.3) is 0 Å². The van der Waals surface area contributed by atoms with Gasteiger partial charge in [0.1, 0.15) is 0 Å². The molecule has 104 valence electrons. The van der Waals surface area contributed by atoms with E-state index in [0.29, 0.717) is 29.2 Å². The summed E-state index contributed by atoms with van der Waals surface area (Å²) in [6, 6.07) is 4.29. The highest BCUT2D eigenvalue weighted by atomic mass is 35.5. The predicted octanol–water partition coefficient (Wildman–Crippen LogP) is 3.67.